The zero-order valence-corrected chi connectivity index (χ0v) is 20.4. The minimum Gasteiger partial charge on any atom is -0.375 e. The second-order valence-corrected chi connectivity index (χ2v) is 10.2. The highest BCUT2D eigenvalue weighted by Crippen LogP contribution is 2.29. The first kappa shape index (κ1) is 23.1. The number of nitrogens with two attached hydrogens (primary N) is 1. The average Bonchev–Trinajstić information content (AvgIpc) is 3.51. The maximum atomic E-state index is 13.5. The SMILES string of the molecule is Nc1nc(-c2ccc(NC(=O)CN(C(=O)C3CCC(=O)CC3)c3ccc4ncsc4c3)cc2)cs1. The lowest BCUT2D eigenvalue weighted by Crippen LogP contribution is -2.42. The van der Waals surface area contributed by atoms with Crippen LogP contribution in [0.25, 0.3) is 21.5 Å². The number of rotatable bonds is 6. The second kappa shape index (κ2) is 9.93. The molecule has 1 aliphatic carbocycles. The number of carbonyl (C=O) groups excluding carboxylic acids is 3. The summed E-state index contributed by atoms with van der Waals surface area (Å²) in [5.74, 6) is -0.524. The van der Waals surface area contributed by atoms with Gasteiger partial charge in [0.15, 0.2) is 5.13 Å². The first-order valence-electron chi connectivity index (χ1n) is 11.2. The molecule has 5 rings (SSSR count). The fraction of sp³-hybridized carbons (Fsp3) is 0.240. The molecule has 0 radical (unpaired) electrons. The second-order valence-electron chi connectivity index (χ2n) is 8.44. The molecule has 2 aromatic heterocycles. The Hall–Kier alpha value is -3.63. The number of ketones is 1. The van der Waals surface area contributed by atoms with Crippen molar-refractivity contribution in [3.05, 3.63) is 53.4 Å². The van der Waals surface area contributed by atoms with Crippen LogP contribution in [0.2, 0.25) is 0 Å². The van der Waals surface area contributed by atoms with E-state index in [1.165, 1.54) is 27.6 Å². The minimum absolute atomic E-state index is 0.127. The van der Waals surface area contributed by atoms with E-state index in [1.807, 2.05) is 35.7 Å². The zero-order chi connectivity index (χ0) is 24.4. The standard InChI is InChI=1S/C25H23N5O3S2/c26-25-29-21(13-34-25)15-1-5-17(6-2-15)28-23(32)12-30(24(33)16-3-8-19(31)9-4-16)18-7-10-20-22(11-18)35-14-27-20/h1-2,5-7,10-11,13-14,16H,3-4,8-9,12H2,(H2,26,29)(H,28,32). The number of amides is 2. The Labute approximate surface area is 209 Å². The highest BCUT2D eigenvalue weighted by molar-refractivity contribution is 7.16. The smallest absolute Gasteiger partial charge is 0.244 e. The summed E-state index contributed by atoms with van der Waals surface area (Å²) >= 11 is 2.85. The van der Waals surface area contributed by atoms with Gasteiger partial charge in [0.1, 0.15) is 12.3 Å². The van der Waals surface area contributed by atoms with E-state index >= 15 is 0 Å². The molecule has 1 saturated carbocycles. The maximum Gasteiger partial charge on any atom is 0.244 e. The highest BCUT2D eigenvalue weighted by Gasteiger charge is 2.30. The number of carbonyl (C=O) groups is 3. The Bertz CT molecular complexity index is 1390. The Morgan fingerprint density at radius 1 is 1.09 bits per heavy atom. The summed E-state index contributed by atoms with van der Waals surface area (Å²) in [5.41, 5.74) is 11.3. The number of aromatic nitrogens is 2. The van der Waals surface area contributed by atoms with E-state index in [1.54, 1.807) is 17.6 Å². The van der Waals surface area contributed by atoms with Crippen molar-refractivity contribution in [1.29, 1.82) is 0 Å². The van der Waals surface area contributed by atoms with Crippen LogP contribution in [0.1, 0.15) is 25.7 Å². The zero-order valence-electron chi connectivity index (χ0n) is 18.8. The quantitative estimate of drug-likeness (QED) is 0.391. The van der Waals surface area contributed by atoms with Gasteiger partial charge in [-0.25, -0.2) is 9.97 Å². The third kappa shape index (κ3) is 5.23. The predicted octanol–water partition coefficient (Wildman–Crippen LogP) is 4.73. The summed E-state index contributed by atoms with van der Waals surface area (Å²) < 4.78 is 0.942. The van der Waals surface area contributed by atoms with Crippen molar-refractivity contribution in [1.82, 2.24) is 9.97 Å². The number of nitrogens with zero attached hydrogens (tertiary/aromatic N) is 3. The molecular formula is C25H23N5O3S2. The summed E-state index contributed by atoms with van der Waals surface area (Å²) in [5, 5.41) is 5.26. The number of fused-ring (bicyclic) bond motifs is 1. The molecule has 8 nitrogen and oxygen atoms in total. The molecule has 0 aliphatic heterocycles. The van der Waals surface area contributed by atoms with Crippen molar-refractivity contribution in [2.75, 3.05) is 22.5 Å². The van der Waals surface area contributed by atoms with Crippen LogP contribution in [0.4, 0.5) is 16.5 Å². The molecule has 0 bridgehead atoms. The molecule has 1 fully saturated rings. The van der Waals surface area contributed by atoms with Crippen LogP contribution in [-0.4, -0.2) is 34.1 Å². The van der Waals surface area contributed by atoms with Gasteiger partial charge in [-0.1, -0.05) is 12.1 Å². The number of anilines is 3. The van der Waals surface area contributed by atoms with Gasteiger partial charge < -0.3 is 16.0 Å². The van der Waals surface area contributed by atoms with Gasteiger partial charge in [0, 0.05) is 41.1 Å². The summed E-state index contributed by atoms with van der Waals surface area (Å²) in [6.45, 7) is -0.127. The monoisotopic (exact) mass is 505 g/mol. The lowest BCUT2D eigenvalue weighted by Gasteiger charge is -2.29. The molecule has 35 heavy (non-hydrogen) atoms. The molecule has 2 heterocycles. The lowest BCUT2D eigenvalue weighted by molar-refractivity contribution is -0.128. The molecule has 3 N–H and O–H groups in total. The largest absolute Gasteiger partial charge is 0.375 e. The van der Waals surface area contributed by atoms with Gasteiger partial charge in [0.25, 0.3) is 0 Å². The molecule has 0 atom stereocenters. The molecule has 0 spiro atoms. The summed E-state index contributed by atoms with van der Waals surface area (Å²) in [6.07, 6.45) is 1.84. The van der Waals surface area contributed by atoms with Crippen LogP contribution < -0.4 is 16.0 Å². The van der Waals surface area contributed by atoms with Crippen molar-refractivity contribution >= 4 is 67.0 Å². The van der Waals surface area contributed by atoms with Crippen LogP contribution >= 0.6 is 22.7 Å². The van der Waals surface area contributed by atoms with Crippen LogP contribution in [-0.2, 0) is 14.4 Å². The summed E-state index contributed by atoms with van der Waals surface area (Å²) in [4.78, 5) is 48.3. The number of benzene rings is 2. The van der Waals surface area contributed by atoms with Gasteiger partial charge in [-0.15, -0.1) is 22.7 Å². The average molecular weight is 506 g/mol. The van der Waals surface area contributed by atoms with E-state index in [0.29, 0.717) is 42.2 Å². The molecule has 10 heteroatoms. The molecular weight excluding hydrogens is 482 g/mol. The van der Waals surface area contributed by atoms with Crippen LogP contribution in [0, 0.1) is 5.92 Å². The van der Waals surface area contributed by atoms with Gasteiger partial charge in [0.2, 0.25) is 11.8 Å². The number of nitrogen functional groups attached to an aromatic ring is 1. The van der Waals surface area contributed by atoms with Crippen molar-refractivity contribution < 1.29 is 14.4 Å². The molecule has 0 saturated heterocycles. The molecule has 178 valence electrons. The Morgan fingerprint density at radius 2 is 1.86 bits per heavy atom. The van der Waals surface area contributed by atoms with E-state index in [-0.39, 0.29) is 30.1 Å². The minimum atomic E-state index is -0.305. The molecule has 4 aromatic rings. The van der Waals surface area contributed by atoms with Gasteiger partial charge >= 0.3 is 0 Å². The first-order chi connectivity index (χ1) is 17.0. The van der Waals surface area contributed by atoms with E-state index in [2.05, 4.69) is 15.3 Å². The van der Waals surface area contributed by atoms with E-state index in [9.17, 15) is 14.4 Å². The van der Waals surface area contributed by atoms with Crippen LogP contribution in [0.15, 0.2) is 53.4 Å². The molecule has 1 aliphatic rings. The Kier molecular flexibility index (Phi) is 6.56. The Balaban J connectivity index is 1.33. The fourth-order valence-electron chi connectivity index (χ4n) is 4.20. The number of hydrogen-bond donors (Lipinski definition) is 2. The number of hydrogen-bond acceptors (Lipinski definition) is 8. The van der Waals surface area contributed by atoms with Gasteiger partial charge in [-0.2, -0.15) is 0 Å². The van der Waals surface area contributed by atoms with Crippen LogP contribution in [0.5, 0.6) is 0 Å². The third-order valence-corrected chi connectivity index (χ3v) is 7.54. The van der Waals surface area contributed by atoms with E-state index in [0.717, 1.165) is 21.5 Å². The third-order valence-electron chi connectivity index (χ3n) is 6.07. The topological polar surface area (TPSA) is 118 Å². The first-order valence-corrected chi connectivity index (χ1v) is 13.0. The number of Topliss-reactive ketones (excluding diaryl/α,β-unsaturated/α-hetero) is 1. The predicted molar refractivity (Wildman–Crippen MR) is 140 cm³/mol. The Morgan fingerprint density at radius 3 is 2.57 bits per heavy atom. The highest BCUT2D eigenvalue weighted by atomic mass is 32.1. The van der Waals surface area contributed by atoms with E-state index < -0.39 is 0 Å². The van der Waals surface area contributed by atoms with Gasteiger partial charge in [0.05, 0.1) is 21.4 Å². The van der Waals surface area contributed by atoms with Gasteiger partial charge in [-0.05, 0) is 43.2 Å². The van der Waals surface area contributed by atoms with Crippen LogP contribution in [0.3, 0.4) is 0 Å². The maximum absolute atomic E-state index is 13.5. The summed E-state index contributed by atoms with van der Waals surface area (Å²) in [6, 6.07) is 12.9. The molecule has 2 aromatic carbocycles. The molecule has 0 unspecified atom stereocenters. The lowest BCUT2D eigenvalue weighted by atomic mass is 9.87. The number of thiazole rings is 2. The van der Waals surface area contributed by atoms with Crippen molar-refractivity contribution in [3.63, 3.8) is 0 Å². The summed E-state index contributed by atoms with van der Waals surface area (Å²) in [7, 11) is 0. The van der Waals surface area contributed by atoms with Crippen molar-refractivity contribution in [2.24, 2.45) is 5.92 Å². The van der Waals surface area contributed by atoms with Crippen molar-refractivity contribution in [2.45, 2.75) is 25.7 Å². The van der Waals surface area contributed by atoms with Crippen molar-refractivity contribution in [3.8, 4) is 11.3 Å². The number of nitrogens with one attached hydrogen (secondary N) is 1. The van der Waals surface area contributed by atoms with Gasteiger partial charge in [-0.3, -0.25) is 14.4 Å². The fourth-order valence-corrected chi connectivity index (χ4v) is 5.49. The molecule has 2 amide bonds. The van der Waals surface area contributed by atoms with E-state index in [4.69, 9.17) is 5.73 Å². The normalized spacial score (nSPS) is 14.2.